The third kappa shape index (κ3) is 7.02. The molecular formula is C32H34FN5O8S. The quantitative estimate of drug-likeness (QED) is 0.179. The van der Waals surface area contributed by atoms with Crippen molar-refractivity contribution in [2.75, 3.05) is 20.3 Å². The first kappa shape index (κ1) is 33.7. The van der Waals surface area contributed by atoms with Gasteiger partial charge in [-0.15, -0.1) is 4.80 Å². The summed E-state index contributed by atoms with van der Waals surface area (Å²) in [4.78, 5) is 43.2. The van der Waals surface area contributed by atoms with Gasteiger partial charge in [0.1, 0.15) is 45.8 Å². The Morgan fingerprint density at radius 3 is 2.49 bits per heavy atom. The summed E-state index contributed by atoms with van der Waals surface area (Å²) in [6, 6.07) is 11.4. The molecular weight excluding hydrogens is 633 g/mol. The average Bonchev–Trinajstić information content (AvgIpc) is 3.72. The third-order valence-corrected chi connectivity index (χ3v) is 8.87. The fourth-order valence-corrected chi connectivity index (χ4v) is 6.23. The van der Waals surface area contributed by atoms with Gasteiger partial charge in [-0.25, -0.2) is 18.5 Å². The predicted octanol–water partition coefficient (Wildman–Crippen LogP) is 3.07. The lowest BCUT2D eigenvalue weighted by Gasteiger charge is -2.27. The molecule has 0 saturated heterocycles. The Morgan fingerprint density at radius 1 is 1.13 bits per heavy atom. The Labute approximate surface area is 272 Å². The number of fused-ring (bicyclic) bond motifs is 1. The molecule has 2 aromatic carbocycles. The number of benzene rings is 2. The SMILES string of the molecule is COc1ccc(F)cc1[C@H](Cn1c(=O)n(C(C)C(=O)OCc2ccccc2)c(=O)c2c(C)c(-n3nccn3)sc21)OCC(C)(O)CO. The lowest BCUT2D eigenvalue weighted by atomic mass is 10.1. The van der Waals surface area contributed by atoms with Gasteiger partial charge < -0.3 is 24.4 Å². The fourth-order valence-electron chi connectivity index (χ4n) is 5.01. The molecule has 5 aromatic rings. The Kier molecular flexibility index (Phi) is 10.0. The molecule has 248 valence electrons. The number of ether oxygens (including phenoxy) is 3. The summed E-state index contributed by atoms with van der Waals surface area (Å²) >= 11 is 1.07. The number of carbonyl (C=O) groups excluding carboxylic acids is 1. The maximum atomic E-state index is 14.6. The maximum absolute atomic E-state index is 14.6. The summed E-state index contributed by atoms with van der Waals surface area (Å²) in [6.07, 6.45) is 1.79. The molecule has 0 aliphatic rings. The van der Waals surface area contributed by atoms with Crippen LogP contribution in [0.4, 0.5) is 4.39 Å². The smallest absolute Gasteiger partial charge is 0.333 e. The van der Waals surface area contributed by atoms with Crippen molar-refractivity contribution < 1.29 is 33.6 Å². The minimum Gasteiger partial charge on any atom is -0.496 e. The molecule has 3 aromatic heterocycles. The molecule has 0 fully saturated rings. The van der Waals surface area contributed by atoms with Gasteiger partial charge in [0.05, 0.1) is 44.6 Å². The molecule has 0 aliphatic heterocycles. The molecule has 0 spiro atoms. The number of hydrogen-bond acceptors (Lipinski definition) is 11. The highest BCUT2D eigenvalue weighted by Gasteiger charge is 2.31. The fraction of sp³-hybridized carbons (Fsp3) is 0.344. The first-order chi connectivity index (χ1) is 22.5. The molecule has 5 rings (SSSR count). The Bertz CT molecular complexity index is 1990. The standard InChI is InChI=1S/C32H34FN5O8S/c1-19-26-27(40)37(20(2)30(41)45-16-21-8-6-5-7-9-21)31(42)36(29(26)47-28(19)38-34-12-13-35-38)15-25(46-18-32(3,43)17-39)23-14-22(33)10-11-24(23)44-4/h5-14,20,25,39,43H,15-18H2,1-4H3/t20?,25-,32?/m0/s1. The van der Waals surface area contributed by atoms with Gasteiger partial charge >= 0.3 is 11.7 Å². The Balaban J connectivity index is 1.67. The number of aliphatic hydroxyl groups excluding tert-OH is 1. The third-order valence-electron chi connectivity index (χ3n) is 7.59. The van der Waals surface area contributed by atoms with Gasteiger partial charge in [0.15, 0.2) is 0 Å². The van der Waals surface area contributed by atoms with Gasteiger partial charge in [-0.1, -0.05) is 41.7 Å². The number of aromatic nitrogens is 5. The van der Waals surface area contributed by atoms with Crippen LogP contribution in [0.1, 0.15) is 42.7 Å². The van der Waals surface area contributed by atoms with Gasteiger partial charge in [0.2, 0.25) is 0 Å². The van der Waals surface area contributed by atoms with Crippen LogP contribution in [0.15, 0.2) is 70.5 Å². The topological polar surface area (TPSA) is 160 Å². The molecule has 3 heterocycles. The number of thiophene rings is 1. The van der Waals surface area contributed by atoms with E-state index < -0.39 is 54.0 Å². The van der Waals surface area contributed by atoms with Crippen molar-refractivity contribution in [3.05, 3.63) is 104 Å². The zero-order valence-electron chi connectivity index (χ0n) is 26.1. The van der Waals surface area contributed by atoms with E-state index in [4.69, 9.17) is 14.2 Å². The van der Waals surface area contributed by atoms with Gasteiger partial charge in [-0.3, -0.25) is 9.36 Å². The molecule has 0 saturated carbocycles. The number of esters is 1. The summed E-state index contributed by atoms with van der Waals surface area (Å²) < 4.78 is 33.7. The highest BCUT2D eigenvalue weighted by Crippen LogP contribution is 2.34. The lowest BCUT2D eigenvalue weighted by molar-refractivity contribution is -0.148. The second kappa shape index (κ2) is 14.0. The molecule has 47 heavy (non-hydrogen) atoms. The second-order valence-corrected chi connectivity index (χ2v) is 12.2. The van der Waals surface area contributed by atoms with Crippen LogP contribution in [0.3, 0.4) is 0 Å². The first-order valence-corrected chi connectivity index (χ1v) is 15.4. The predicted molar refractivity (Wildman–Crippen MR) is 170 cm³/mol. The molecule has 15 heteroatoms. The number of nitrogens with zero attached hydrogens (tertiary/aromatic N) is 5. The van der Waals surface area contributed by atoms with Gasteiger partial charge in [-0.2, -0.15) is 10.2 Å². The average molecular weight is 668 g/mol. The number of aryl methyl sites for hydroxylation is 1. The van der Waals surface area contributed by atoms with Crippen molar-refractivity contribution in [1.82, 2.24) is 24.1 Å². The van der Waals surface area contributed by atoms with E-state index in [1.54, 1.807) is 31.2 Å². The zero-order valence-corrected chi connectivity index (χ0v) is 26.9. The summed E-state index contributed by atoms with van der Waals surface area (Å²) in [5, 5.41) is 29.1. The van der Waals surface area contributed by atoms with Crippen molar-refractivity contribution in [2.45, 2.75) is 51.7 Å². The van der Waals surface area contributed by atoms with Crippen molar-refractivity contribution >= 4 is 27.5 Å². The van der Waals surface area contributed by atoms with E-state index in [1.165, 1.54) is 60.9 Å². The number of carbonyl (C=O) groups is 1. The number of aliphatic hydroxyl groups is 2. The molecule has 13 nitrogen and oxygen atoms in total. The van der Waals surface area contributed by atoms with Crippen LogP contribution in [0, 0.1) is 12.7 Å². The van der Waals surface area contributed by atoms with Crippen LogP contribution in [-0.2, 0) is 27.4 Å². The van der Waals surface area contributed by atoms with Crippen molar-refractivity contribution in [3.63, 3.8) is 0 Å². The minimum atomic E-state index is -1.67. The number of methoxy groups -OCH3 is 1. The Morgan fingerprint density at radius 2 is 1.83 bits per heavy atom. The van der Waals surface area contributed by atoms with E-state index in [0.717, 1.165) is 21.5 Å². The van der Waals surface area contributed by atoms with E-state index in [1.807, 2.05) is 6.07 Å². The zero-order chi connectivity index (χ0) is 33.9. The van der Waals surface area contributed by atoms with Crippen LogP contribution in [0.2, 0.25) is 0 Å². The molecule has 0 amide bonds. The van der Waals surface area contributed by atoms with E-state index in [2.05, 4.69) is 10.2 Å². The van der Waals surface area contributed by atoms with Crippen LogP contribution in [0.5, 0.6) is 5.75 Å². The monoisotopic (exact) mass is 667 g/mol. The van der Waals surface area contributed by atoms with E-state index in [-0.39, 0.29) is 34.7 Å². The highest BCUT2D eigenvalue weighted by atomic mass is 32.1. The molecule has 0 bridgehead atoms. The first-order valence-electron chi connectivity index (χ1n) is 14.6. The molecule has 2 unspecified atom stereocenters. The van der Waals surface area contributed by atoms with Crippen LogP contribution in [-0.4, -0.2) is 66.2 Å². The van der Waals surface area contributed by atoms with Crippen molar-refractivity contribution in [3.8, 4) is 10.8 Å². The van der Waals surface area contributed by atoms with Crippen molar-refractivity contribution in [1.29, 1.82) is 0 Å². The number of halogens is 1. The van der Waals surface area contributed by atoms with Crippen LogP contribution >= 0.6 is 11.3 Å². The number of hydrogen-bond donors (Lipinski definition) is 2. The lowest BCUT2D eigenvalue weighted by Crippen LogP contribution is -2.44. The van der Waals surface area contributed by atoms with Crippen LogP contribution in [0.25, 0.3) is 15.2 Å². The molecule has 0 aliphatic carbocycles. The Hall–Kier alpha value is -4.70. The minimum absolute atomic E-state index is 0.0676. The molecule has 3 atom stereocenters. The van der Waals surface area contributed by atoms with Gasteiger partial charge in [0, 0.05) is 11.1 Å². The van der Waals surface area contributed by atoms with Gasteiger partial charge in [-0.05, 0) is 44.5 Å². The number of rotatable bonds is 13. The maximum Gasteiger partial charge on any atom is 0.333 e. The summed E-state index contributed by atoms with van der Waals surface area (Å²) in [6.45, 7) is 3.01. The van der Waals surface area contributed by atoms with E-state index in [0.29, 0.717) is 10.6 Å². The summed E-state index contributed by atoms with van der Waals surface area (Å²) in [5.74, 6) is -1.18. The van der Waals surface area contributed by atoms with Crippen LogP contribution < -0.4 is 16.0 Å². The van der Waals surface area contributed by atoms with E-state index in [9.17, 15) is 29.0 Å². The van der Waals surface area contributed by atoms with Crippen molar-refractivity contribution in [2.24, 2.45) is 0 Å². The largest absolute Gasteiger partial charge is 0.496 e. The summed E-state index contributed by atoms with van der Waals surface area (Å²) in [7, 11) is 1.39. The second-order valence-electron chi connectivity index (χ2n) is 11.2. The highest BCUT2D eigenvalue weighted by molar-refractivity contribution is 7.21. The molecule has 0 radical (unpaired) electrons. The van der Waals surface area contributed by atoms with Gasteiger partial charge in [0.25, 0.3) is 5.56 Å². The molecule has 2 N–H and O–H groups in total. The van der Waals surface area contributed by atoms with E-state index >= 15 is 0 Å². The summed E-state index contributed by atoms with van der Waals surface area (Å²) in [5.41, 5.74) is -1.86. The normalized spacial score (nSPS) is 14.1.